The molecule has 0 aromatic heterocycles. The van der Waals surface area contributed by atoms with E-state index in [1.54, 1.807) is 0 Å². The van der Waals surface area contributed by atoms with Crippen LogP contribution in [0.15, 0.2) is 0 Å². The van der Waals surface area contributed by atoms with Gasteiger partial charge in [0.2, 0.25) is 0 Å². The third kappa shape index (κ3) is 0.983. The van der Waals surface area contributed by atoms with Crippen molar-refractivity contribution in [3.63, 3.8) is 0 Å². The maximum Gasteiger partial charge on any atom is 0.0125 e. The van der Waals surface area contributed by atoms with E-state index >= 15 is 0 Å². The summed E-state index contributed by atoms with van der Waals surface area (Å²) in [6.45, 7) is 5.13. The summed E-state index contributed by atoms with van der Waals surface area (Å²) in [7, 11) is 0. The summed E-state index contributed by atoms with van der Waals surface area (Å²) in [6.07, 6.45) is 4.37. The molecule has 0 bridgehead atoms. The van der Waals surface area contributed by atoms with Crippen LogP contribution < -0.4 is 0 Å². The van der Waals surface area contributed by atoms with Crippen LogP contribution in [-0.2, 0) is 0 Å². The first kappa shape index (κ1) is 5.72. The highest BCUT2D eigenvalue weighted by atomic mass is 15.2. The van der Waals surface area contributed by atoms with E-state index in [0.717, 1.165) is 12.0 Å². The quantitative estimate of drug-likeness (QED) is 0.513. The van der Waals surface area contributed by atoms with E-state index in [4.69, 9.17) is 0 Å². The van der Waals surface area contributed by atoms with Gasteiger partial charge < -0.3 is 4.90 Å². The Morgan fingerprint density at radius 2 is 1.78 bits per heavy atom. The summed E-state index contributed by atoms with van der Waals surface area (Å²) >= 11 is 0. The molecule has 1 saturated carbocycles. The molecule has 2 aliphatic rings. The minimum Gasteiger partial charge on any atom is -0.300 e. The molecule has 2 fully saturated rings. The highest BCUT2D eigenvalue weighted by Gasteiger charge is 2.38. The van der Waals surface area contributed by atoms with Crippen LogP contribution in [0.2, 0.25) is 0 Å². The molecule has 2 atom stereocenters. The highest BCUT2D eigenvalue weighted by molar-refractivity contribution is 4.93. The highest BCUT2D eigenvalue weighted by Crippen LogP contribution is 2.36. The number of hydrogen-bond acceptors (Lipinski definition) is 1. The van der Waals surface area contributed by atoms with Crippen LogP contribution in [0.4, 0.5) is 0 Å². The van der Waals surface area contributed by atoms with Gasteiger partial charge in [0.1, 0.15) is 0 Å². The Kier molecular flexibility index (Phi) is 1.26. The molecule has 1 saturated heterocycles. The lowest BCUT2D eigenvalue weighted by atomic mass is 10.4. The van der Waals surface area contributed by atoms with E-state index in [1.807, 2.05) is 0 Å². The first-order valence-electron chi connectivity index (χ1n) is 4.12. The zero-order chi connectivity index (χ0) is 6.27. The average Bonchev–Trinajstić information content (AvgIpc) is 2.44. The summed E-state index contributed by atoms with van der Waals surface area (Å²) in [4.78, 5) is 2.66. The molecule has 1 unspecified atom stereocenters. The van der Waals surface area contributed by atoms with Gasteiger partial charge in [-0.25, -0.2) is 0 Å². The van der Waals surface area contributed by atoms with Crippen LogP contribution in [0.3, 0.4) is 0 Å². The molecular formula is C8H15N. The van der Waals surface area contributed by atoms with Crippen LogP contribution in [0.5, 0.6) is 0 Å². The largest absolute Gasteiger partial charge is 0.300 e. The third-order valence-electron chi connectivity index (χ3n) is 2.68. The predicted octanol–water partition coefficient (Wildman–Crippen LogP) is 1.49. The second-order valence-electron chi connectivity index (χ2n) is 3.52. The molecule has 0 spiro atoms. The summed E-state index contributed by atoms with van der Waals surface area (Å²) < 4.78 is 0. The first-order chi connectivity index (χ1) is 4.38. The van der Waals surface area contributed by atoms with Crippen molar-refractivity contribution in [2.75, 3.05) is 13.1 Å². The van der Waals surface area contributed by atoms with E-state index in [9.17, 15) is 0 Å². The fourth-order valence-corrected chi connectivity index (χ4v) is 1.88. The van der Waals surface area contributed by atoms with E-state index in [-0.39, 0.29) is 0 Å². The monoisotopic (exact) mass is 125 g/mol. The van der Waals surface area contributed by atoms with Gasteiger partial charge in [-0.2, -0.15) is 0 Å². The summed E-state index contributed by atoms with van der Waals surface area (Å²) in [5, 5.41) is 0. The summed E-state index contributed by atoms with van der Waals surface area (Å²) in [6, 6.07) is 0.993. The van der Waals surface area contributed by atoms with Crippen molar-refractivity contribution < 1.29 is 0 Å². The topological polar surface area (TPSA) is 3.24 Å². The minimum atomic E-state index is 0.993. The van der Waals surface area contributed by atoms with Gasteiger partial charge in [-0.15, -0.1) is 0 Å². The lowest BCUT2D eigenvalue weighted by Gasteiger charge is -2.12. The summed E-state index contributed by atoms with van der Waals surface area (Å²) in [5.41, 5.74) is 0. The molecule has 52 valence electrons. The van der Waals surface area contributed by atoms with E-state index in [2.05, 4.69) is 11.8 Å². The molecular weight excluding hydrogens is 110 g/mol. The lowest BCUT2D eigenvalue weighted by molar-refractivity contribution is 0.315. The van der Waals surface area contributed by atoms with Crippen molar-refractivity contribution in [3.05, 3.63) is 0 Å². The Labute approximate surface area is 57.0 Å². The second-order valence-corrected chi connectivity index (χ2v) is 3.52. The molecule has 0 aromatic carbocycles. The molecule has 0 N–H and O–H groups in total. The third-order valence-corrected chi connectivity index (χ3v) is 2.68. The van der Waals surface area contributed by atoms with Crippen molar-refractivity contribution >= 4 is 0 Å². The number of hydrogen-bond donors (Lipinski definition) is 0. The van der Waals surface area contributed by atoms with Gasteiger partial charge in [0.05, 0.1) is 0 Å². The van der Waals surface area contributed by atoms with Crippen LogP contribution >= 0.6 is 0 Å². The minimum absolute atomic E-state index is 0.993. The maximum absolute atomic E-state index is 2.66. The molecule has 1 aliphatic carbocycles. The van der Waals surface area contributed by atoms with Crippen molar-refractivity contribution in [3.8, 4) is 0 Å². The van der Waals surface area contributed by atoms with Gasteiger partial charge in [0.15, 0.2) is 0 Å². The molecule has 2 rings (SSSR count). The van der Waals surface area contributed by atoms with E-state index in [0.29, 0.717) is 0 Å². The van der Waals surface area contributed by atoms with Gasteiger partial charge in [-0.1, -0.05) is 6.92 Å². The molecule has 0 aromatic rings. The van der Waals surface area contributed by atoms with Crippen LogP contribution in [0.25, 0.3) is 0 Å². The van der Waals surface area contributed by atoms with Crippen molar-refractivity contribution in [2.24, 2.45) is 5.92 Å². The smallest absolute Gasteiger partial charge is 0.0125 e. The van der Waals surface area contributed by atoms with E-state index in [1.165, 1.54) is 32.4 Å². The van der Waals surface area contributed by atoms with Gasteiger partial charge in [0.25, 0.3) is 0 Å². The molecule has 0 radical (unpaired) electrons. The lowest BCUT2D eigenvalue weighted by Crippen LogP contribution is -2.22. The predicted molar refractivity (Wildman–Crippen MR) is 38.4 cm³/mol. The number of nitrogens with zero attached hydrogens (tertiary/aromatic N) is 1. The SMILES string of the molecule is C[C@H]1CC1N1CCCC1. The van der Waals surface area contributed by atoms with Crippen molar-refractivity contribution in [2.45, 2.75) is 32.2 Å². The fraction of sp³-hybridized carbons (Fsp3) is 1.00. The fourth-order valence-electron chi connectivity index (χ4n) is 1.88. The van der Waals surface area contributed by atoms with Crippen LogP contribution in [0, 0.1) is 5.92 Å². The van der Waals surface area contributed by atoms with Crippen LogP contribution in [-0.4, -0.2) is 24.0 Å². The molecule has 0 amide bonds. The molecule has 1 nitrogen and oxygen atoms in total. The first-order valence-corrected chi connectivity index (χ1v) is 4.12. The molecule has 9 heavy (non-hydrogen) atoms. The zero-order valence-electron chi connectivity index (χ0n) is 6.14. The van der Waals surface area contributed by atoms with Gasteiger partial charge in [-0.05, 0) is 38.3 Å². The average molecular weight is 125 g/mol. The number of rotatable bonds is 1. The standard InChI is InChI=1S/C8H15N/c1-7-6-8(7)9-4-2-3-5-9/h7-8H,2-6H2,1H3/t7-,8?/m0/s1. The summed E-state index contributed by atoms with van der Waals surface area (Å²) in [5.74, 6) is 1.02. The Balaban J connectivity index is 1.85. The van der Waals surface area contributed by atoms with Crippen LogP contribution in [0.1, 0.15) is 26.2 Å². The Bertz CT molecular complexity index is 105. The Hall–Kier alpha value is -0.0400. The molecule has 1 heteroatoms. The zero-order valence-corrected chi connectivity index (χ0v) is 6.14. The molecule has 1 heterocycles. The Morgan fingerprint density at radius 3 is 2.22 bits per heavy atom. The molecule has 1 aliphatic heterocycles. The van der Waals surface area contributed by atoms with Gasteiger partial charge in [0, 0.05) is 6.04 Å². The van der Waals surface area contributed by atoms with Crippen molar-refractivity contribution in [1.82, 2.24) is 4.90 Å². The normalized spacial score (nSPS) is 43.7. The van der Waals surface area contributed by atoms with Crippen molar-refractivity contribution in [1.29, 1.82) is 0 Å². The van der Waals surface area contributed by atoms with E-state index < -0.39 is 0 Å². The Morgan fingerprint density at radius 1 is 1.22 bits per heavy atom. The number of likely N-dealkylation sites (tertiary alicyclic amines) is 1. The van der Waals surface area contributed by atoms with Gasteiger partial charge in [-0.3, -0.25) is 0 Å². The second kappa shape index (κ2) is 1.98. The van der Waals surface area contributed by atoms with Gasteiger partial charge >= 0.3 is 0 Å². The maximum atomic E-state index is 2.66.